The van der Waals surface area contributed by atoms with Crippen molar-refractivity contribution in [3.63, 3.8) is 0 Å². The van der Waals surface area contributed by atoms with Crippen molar-refractivity contribution in [1.29, 1.82) is 0 Å². The molecule has 0 radical (unpaired) electrons. The van der Waals surface area contributed by atoms with Crippen LogP contribution in [0.2, 0.25) is 0 Å². The predicted octanol–water partition coefficient (Wildman–Crippen LogP) is 3.70. The van der Waals surface area contributed by atoms with Crippen LogP contribution >= 0.6 is 11.8 Å². The number of nitrogens with zero attached hydrogens (tertiary/aromatic N) is 1. The molecule has 1 heterocycles. The first-order chi connectivity index (χ1) is 11.1. The molecule has 0 spiro atoms. The second kappa shape index (κ2) is 6.18. The predicted molar refractivity (Wildman–Crippen MR) is 85.0 cm³/mol. The lowest BCUT2D eigenvalue weighted by Crippen LogP contribution is -2.34. The maximum Gasteiger partial charge on any atom is 0.300 e. The summed E-state index contributed by atoms with van der Waals surface area (Å²) in [6.45, 7) is 0. The van der Waals surface area contributed by atoms with Crippen molar-refractivity contribution in [3.05, 3.63) is 76.4 Å². The fraction of sp³-hybridized carbons (Fsp3) is 0. The highest BCUT2D eigenvalue weighted by atomic mass is 32.2. The zero-order valence-corrected chi connectivity index (χ0v) is 12.5. The van der Waals surface area contributed by atoms with Crippen molar-refractivity contribution in [3.8, 4) is 0 Å². The Balaban J connectivity index is 1.88. The van der Waals surface area contributed by atoms with Crippen LogP contribution in [0.25, 0.3) is 6.08 Å². The van der Waals surface area contributed by atoms with E-state index in [1.165, 1.54) is 42.5 Å². The summed E-state index contributed by atoms with van der Waals surface area (Å²) in [5.74, 6) is -1.72. The van der Waals surface area contributed by atoms with Gasteiger partial charge in [-0.2, -0.15) is 0 Å². The van der Waals surface area contributed by atoms with E-state index in [0.717, 1.165) is 0 Å². The normalized spacial score (nSPS) is 16.2. The van der Waals surface area contributed by atoms with E-state index in [1.54, 1.807) is 18.2 Å². The molecule has 1 fully saturated rings. The zero-order chi connectivity index (χ0) is 16.4. The summed E-state index contributed by atoms with van der Waals surface area (Å²) in [6, 6.07) is 13.6. The van der Waals surface area contributed by atoms with Crippen molar-refractivity contribution in [2.75, 3.05) is 0 Å². The van der Waals surface area contributed by atoms with Crippen molar-refractivity contribution in [2.45, 2.75) is 0 Å². The third kappa shape index (κ3) is 3.07. The molecule has 3 amide bonds. The van der Waals surface area contributed by atoms with Crippen molar-refractivity contribution < 1.29 is 18.8 Å². The number of benzene rings is 2. The fourth-order valence-electron chi connectivity index (χ4n) is 2.06. The molecule has 1 saturated heterocycles. The number of amides is 3. The van der Waals surface area contributed by atoms with Gasteiger partial charge in [0.05, 0.1) is 4.91 Å². The molecule has 23 heavy (non-hydrogen) atoms. The summed E-state index contributed by atoms with van der Waals surface area (Å²) < 4.78 is 12.9. The molecule has 0 saturated carbocycles. The van der Waals surface area contributed by atoms with E-state index < -0.39 is 22.9 Å². The average molecular weight is 327 g/mol. The molecule has 0 aromatic heterocycles. The van der Waals surface area contributed by atoms with Gasteiger partial charge in [-0.05, 0) is 47.7 Å². The van der Waals surface area contributed by atoms with Gasteiger partial charge in [0, 0.05) is 5.56 Å². The molecule has 0 unspecified atom stereocenters. The van der Waals surface area contributed by atoms with Gasteiger partial charge in [0.1, 0.15) is 5.82 Å². The van der Waals surface area contributed by atoms with Crippen molar-refractivity contribution in [1.82, 2.24) is 4.90 Å². The first-order valence-corrected chi connectivity index (χ1v) is 7.51. The third-order valence-electron chi connectivity index (χ3n) is 3.19. The van der Waals surface area contributed by atoms with E-state index in [0.29, 0.717) is 22.2 Å². The first kappa shape index (κ1) is 15.2. The van der Waals surface area contributed by atoms with Crippen LogP contribution in [-0.4, -0.2) is 22.0 Å². The summed E-state index contributed by atoms with van der Waals surface area (Å²) >= 11 is 0.688. The van der Waals surface area contributed by atoms with Gasteiger partial charge in [-0.3, -0.25) is 14.4 Å². The number of halogens is 1. The van der Waals surface area contributed by atoms with Crippen LogP contribution in [0.3, 0.4) is 0 Å². The lowest BCUT2D eigenvalue weighted by molar-refractivity contribution is -0.120. The molecule has 1 aliphatic rings. The Labute approximate surface area is 135 Å². The highest BCUT2D eigenvalue weighted by molar-refractivity contribution is 8.18. The van der Waals surface area contributed by atoms with Gasteiger partial charge in [-0.1, -0.05) is 30.3 Å². The molecule has 2 aromatic rings. The van der Waals surface area contributed by atoms with Crippen LogP contribution < -0.4 is 0 Å². The molecule has 0 N–H and O–H groups in total. The Bertz CT molecular complexity index is 815. The number of carbonyl (C=O) groups excluding carboxylic acids is 3. The van der Waals surface area contributed by atoms with Crippen molar-refractivity contribution >= 4 is 34.9 Å². The monoisotopic (exact) mass is 327 g/mol. The summed E-state index contributed by atoms with van der Waals surface area (Å²) in [5.41, 5.74) is 0.835. The Morgan fingerprint density at radius 1 is 1.00 bits per heavy atom. The maximum atomic E-state index is 12.9. The minimum Gasteiger partial charge on any atom is -0.268 e. The molecule has 0 bridgehead atoms. The quantitative estimate of drug-likeness (QED) is 0.623. The fourth-order valence-corrected chi connectivity index (χ4v) is 2.88. The number of imide groups is 3. The maximum absolute atomic E-state index is 12.9. The van der Waals surface area contributed by atoms with E-state index >= 15 is 0 Å². The van der Waals surface area contributed by atoms with E-state index in [4.69, 9.17) is 0 Å². The standard InChI is InChI=1S/C17H10FNO3S/c18-13-8-6-11(7-9-13)10-14-16(21)19(17(22)23-14)15(20)12-4-2-1-3-5-12/h1-10H/b14-10-. The van der Waals surface area contributed by atoms with E-state index in [2.05, 4.69) is 0 Å². The van der Waals surface area contributed by atoms with Gasteiger partial charge in [-0.25, -0.2) is 9.29 Å². The van der Waals surface area contributed by atoms with Crippen LogP contribution in [0.5, 0.6) is 0 Å². The Morgan fingerprint density at radius 3 is 2.30 bits per heavy atom. The SMILES string of the molecule is O=C1S/C(=C\c2ccc(F)cc2)C(=O)N1C(=O)c1ccccc1. The van der Waals surface area contributed by atoms with E-state index in [1.807, 2.05) is 0 Å². The van der Waals surface area contributed by atoms with Gasteiger partial charge in [-0.15, -0.1) is 0 Å². The summed E-state index contributed by atoms with van der Waals surface area (Å²) in [7, 11) is 0. The van der Waals surface area contributed by atoms with Gasteiger partial charge < -0.3 is 0 Å². The molecule has 0 aliphatic carbocycles. The highest BCUT2D eigenvalue weighted by Crippen LogP contribution is 2.33. The summed E-state index contributed by atoms with van der Waals surface area (Å²) in [6.07, 6.45) is 1.46. The number of rotatable bonds is 2. The largest absolute Gasteiger partial charge is 0.300 e. The number of carbonyl (C=O) groups is 3. The number of thioether (sulfide) groups is 1. The Hall–Kier alpha value is -2.73. The van der Waals surface area contributed by atoms with Crippen LogP contribution in [-0.2, 0) is 4.79 Å². The van der Waals surface area contributed by atoms with Crippen LogP contribution in [0, 0.1) is 5.82 Å². The average Bonchev–Trinajstić information content (AvgIpc) is 2.84. The molecular weight excluding hydrogens is 317 g/mol. The Morgan fingerprint density at radius 2 is 1.65 bits per heavy atom. The van der Waals surface area contributed by atoms with E-state index in [9.17, 15) is 18.8 Å². The molecule has 0 atom stereocenters. The lowest BCUT2D eigenvalue weighted by atomic mass is 10.2. The van der Waals surface area contributed by atoms with Gasteiger partial charge in [0.2, 0.25) is 0 Å². The molecule has 1 aliphatic heterocycles. The third-order valence-corrected chi connectivity index (χ3v) is 4.05. The van der Waals surface area contributed by atoms with Gasteiger partial charge >= 0.3 is 5.24 Å². The van der Waals surface area contributed by atoms with Gasteiger partial charge in [0.25, 0.3) is 11.8 Å². The van der Waals surface area contributed by atoms with Crippen LogP contribution in [0.4, 0.5) is 9.18 Å². The number of hydrogen-bond acceptors (Lipinski definition) is 4. The molecule has 2 aromatic carbocycles. The lowest BCUT2D eigenvalue weighted by Gasteiger charge is -2.10. The van der Waals surface area contributed by atoms with Crippen LogP contribution in [0.1, 0.15) is 15.9 Å². The molecule has 4 nitrogen and oxygen atoms in total. The minimum absolute atomic E-state index is 0.130. The smallest absolute Gasteiger partial charge is 0.268 e. The van der Waals surface area contributed by atoms with Crippen LogP contribution in [0.15, 0.2) is 59.5 Å². The minimum atomic E-state index is -0.668. The van der Waals surface area contributed by atoms with E-state index in [-0.39, 0.29) is 10.5 Å². The Kier molecular flexibility index (Phi) is 4.08. The number of hydrogen-bond donors (Lipinski definition) is 0. The molecule has 114 valence electrons. The first-order valence-electron chi connectivity index (χ1n) is 6.69. The summed E-state index contributed by atoms with van der Waals surface area (Å²) in [4.78, 5) is 37.4. The second-order valence-electron chi connectivity index (χ2n) is 4.74. The second-order valence-corrected chi connectivity index (χ2v) is 5.73. The molecule has 6 heteroatoms. The molecular formula is C17H10FNO3S. The van der Waals surface area contributed by atoms with Gasteiger partial charge in [0.15, 0.2) is 0 Å². The highest BCUT2D eigenvalue weighted by Gasteiger charge is 2.40. The summed E-state index contributed by atoms with van der Waals surface area (Å²) in [5, 5.41) is -0.641. The van der Waals surface area contributed by atoms with Crippen molar-refractivity contribution in [2.24, 2.45) is 0 Å². The topological polar surface area (TPSA) is 54.5 Å². The zero-order valence-electron chi connectivity index (χ0n) is 11.7. The molecule has 3 rings (SSSR count).